The highest BCUT2D eigenvalue weighted by Gasteiger charge is 2.25. The van der Waals surface area contributed by atoms with Crippen molar-refractivity contribution in [3.8, 4) is 0 Å². The molecule has 0 aliphatic carbocycles. The van der Waals surface area contributed by atoms with E-state index in [1.807, 2.05) is 36.4 Å². The summed E-state index contributed by atoms with van der Waals surface area (Å²) in [6, 6.07) is 21.9. The van der Waals surface area contributed by atoms with E-state index in [2.05, 4.69) is 5.32 Å². The van der Waals surface area contributed by atoms with Crippen LogP contribution in [0.5, 0.6) is 0 Å². The number of hydrogen-bond donors (Lipinski definition) is 1. The van der Waals surface area contributed by atoms with Gasteiger partial charge in [0.05, 0.1) is 5.56 Å². The van der Waals surface area contributed by atoms with Crippen molar-refractivity contribution in [1.29, 1.82) is 0 Å². The number of Topliss-reactive ketones (excluding diaryl/α,β-unsaturated/α-hetero) is 1. The van der Waals surface area contributed by atoms with Crippen molar-refractivity contribution < 1.29 is 23.5 Å². The zero-order chi connectivity index (χ0) is 21.5. The van der Waals surface area contributed by atoms with Gasteiger partial charge >= 0.3 is 5.97 Å². The highest BCUT2D eigenvalue weighted by atomic mass is 19.1. The van der Waals surface area contributed by atoms with Crippen LogP contribution in [-0.4, -0.2) is 24.3 Å². The number of esters is 1. The van der Waals surface area contributed by atoms with E-state index in [1.165, 1.54) is 19.1 Å². The molecule has 0 radical (unpaired) electrons. The molecule has 5 nitrogen and oxygen atoms in total. The smallest absolute Gasteiger partial charge is 0.318 e. The zero-order valence-electron chi connectivity index (χ0n) is 16.3. The van der Waals surface area contributed by atoms with Crippen molar-refractivity contribution >= 4 is 23.3 Å². The van der Waals surface area contributed by atoms with E-state index >= 15 is 0 Å². The number of carbonyl (C=O) groups is 3. The van der Waals surface area contributed by atoms with Gasteiger partial charge in [-0.2, -0.15) is 0 Å². The minimum absolute atomic E-state index is 0.215. The summed E-state index contributed by atoms with van der Waals surface area (Å²) in [6.07, 6.45) is 0. The number of rotatable bonds is 7. The molecule has 0 saturated carbocycles. The lowest BCUT2D eigenvalue weighted by Gasteiger charge is -2.17. The number of benzene rings is 3. The van der Waals surface area contributed by atoms with Gasteiger partial charge in [-0.05, 0) is 29.3 Å². The van der Waals surface area contributed by atoms with Crippen LogP contribution < -0.4 is 5.32 Å². The monoisotopic (exact) mass is 405 g/mol. The van der Waals surface area contributed by atoms with Crippen LogP contribution in [0.15, 0.2) is 78.9 Å². The zero-order valence-corrected chi connectivity index (χ0v) is 16.3. The number of halogens is 1. The molecular formula is C24H20FNO4. The van der Waals surface area contributed by atoms with Crippen molar-refractivity contribution in [2.24, 2.45) is 0 Å². The summed E-state index contributed by atoms with van der Waals surface area (Å²) in [6.45, 7) is 0.706. The van der Waals surface area contributed by atoms with Gasteiger partial charge in [-0.3, -0.25) is 14.4 Å². The molecular weight excluding hydrogens is 385 g/mol. The number of amides is 1. The Kier molecular flexibility index (Phi) is 6.70. The average Bonchev–Trinajstić information content (AvgIpc) is 2.73. The maximum atomic E-state index is 14.3. The van der Waals surface area contributed by atoms with Gasteiger partial charge in [0.15, 0.2) is 6.61 Å². The van der Waals surface area contributed by atoms with E-state index in [4.69, 9.17) is 4.74 Å². The summed E-state index contributed by atoms with van der Waals surface area (Å²) in [4.78, 5) is 36.3. The first-order valence-electron chi connectivity index (χ1n) is 9.32. The van der Waals surface area contributed by atoms with Crippen LogP contribution in [0, 0.1) is 5.82 Å². The molecule has 0 aliphatic rings. The van der Waals surface area contributed by atoms with Gasteiger partial charge in [-0.15, -0.1) is 0 Å². The second kappa shape index (κ2) is 9.60. The van der Waals surface area contributed by atoms with Crippen LogP contribution in [0.3, 0.4) is 0 Å². The quantitative estimate of drug-likeness (QED) is 0.469. The first-order valence-corrected chi connectivity index (χ1v) is 9.32. The molecule has 3 aromatic rings. The second-order valence-corrected chi connectivity index (χ2v) is 6.66. The summed E-state index contributed by atoms with van der Waals surface area (Å²) in [7, 11) is 0. The van der Waals surface area contributed by atoms with Crippen LogP contribution in [0.2, 0.25) is 0 Å². The topological polar surface area (TPSA) is 72.5 Å². The lowest BCUT2D eigenvalue weighted by molar-refractivity contribution is -0.143. The molecule has 6 heteroatoms. The van der Waals surface area contributed by atoms with E-state index in [0.717, 1.165) is 17.2 Å². The largest absolute Gasteiger partial charge is 0.457 e. The fourth-order valence-corrected chi connectivity index (χ4v) is 3.08. The van der Waals surface area contributed by atoms with Gasteiger partial charge in [0.1, 0.15) is 11.7 Å². The summed E-state index contributed by atoms with van der Waals surface area (Å²) >= 11 is 0. The first kappa shape index (κ1) is 20.9. The normalized spacial score (nSPS) is 10.5. The van der Waals surface area contributed by atoms with E-state index in [1.54, 1.807) is 24.3 Å². The SMILES string of the molecule is CC(=O)Nc1ccc(C(=O)COC(=O)C(c2ccccc2)c2ccccc2)c(F)c1. The molecule has 3 aromatic carbocycles. The van der Waals surface area contributed by atoms with Crippen molar-refractivity contribution in [3.63, 3.8) is 0 Å². The Morgan fingerprint density at radius 1 is 0.900 bits per heavy atom. The van der Waals surface area contributed by atoms with Crippen LogP contribution in [0.25, 0.3) is 0 Å². The van der Waals surface area contributed by atoms with Crippen molar-refractivity contribution in [2.75, 3.05) is 11.9 Å². The number of carbonyl (C=O) groups excluding carboxylic acids is 3. The molecule has 152 valence electrons. The van der Waals surface area contributed by atoms with Crippen molar-refractivity contribution in [3.05, 3.63) is 101 Å². The lowest BCUT2D eigenvalue weighted by atomic mass is 9.91. The molecule has 0 unspecified atom stereocenters. The predicted molar refractivity (Wildman–Crippen MR) is 111 cm³/mol. The third-order valence-corrected chi connectivity index (χ3v) is 4.44. The van der Waals surface area contributed by atoms with Crippen molar-refractivity contribution in [1.82, 2.24) is 0 Å². The summed E-state index contributed by atoms with van der Waals surface area (Å²) < 4.78 is 19.5. The number of ether oxygens (including phenoxy) is 1. The highest BCUT2D eigenvalue weighted by molar-refractivity contribution is 5.99. The van der Waals surface area contributed by atoms with Gasteiger partial charge < -0.3 is 10.1 Å². The van der Waals surface area contributed by atoms with Gasteiger partial charge in [0.25, 0.3) is 0 Å². The lowest BCUT2D eigenvalue weighted by Crippen LogP contribution is -2.21. The molecule has 3 rings (SSSR count). The van der Waals surface area contributed by atoms with Crippen LogP contribution in [0.4, 0.5) is 10.1 Å². The third kappa shape index (κ3) is 5.17. The summed E-state index contributed by atoms with van der Waals surface area (Å²) in [5.41, 5.74) is 1.48. The van der Waals surface area contributed by atoms with Gasteiger partial charge in [0.2, 0.25) is 11.7 Å². The van der Waals surface area contributed by atoms with Crippen molar-refractivity contribution in [2.45, 2.75) is 12.8 Å². The van der Waals surface area contributed by atoms with E-state index in [9.17, 15) is 18.8 Å². The Morgan fingerprint density at radius 2 is 1.47 bits per heavy atom. The predicted octanol–water partition coefficient (Wildman–Crippen LogP) is 4.34. The molecule has 0 atom stereocenters. The minimum Gasteiger partial charge on any atom is -0.457 e. The molecule has 0 bridgehead atoms. The van der Waals surface area contributed by atoms with Gasteiger partial charge in [0, 0.05) is 12.6 Å². The number of nitrogens with one attached hydrogen (secondary N) is 1. The molecule has 0 aromatic heterocycles. The van der Waals surface area contributed by atoms with Crippen LogP contribution in [-0.2, 0) is 14.3 Å². The molecule has 0 aliphatic heterocycles. The van der Waals surface area contributed by atoms with Crippen LogP contribution >= 0.6 is 0 Å². The number of hydrogen-bond acceptors (Lipinski definition) is 4. The number of anilines is 1. The molecule has 0 heterocycles. The molecule has 0 fully saturated rings. The number of ketones is 1. The molecule has 30 heavy (non-hydrogen) atoms. The maximum Gasteiger partial charge on any atom is 0.318 e. The fraction of sp³-hybridized carbons (Fsp3) is 0.125. The van der Waals surface area contributed by atoms with E-state index < -0.39 is 30.1 Å². The highest BCUT2D eigenvalue weighted by Crippen LogP contribution is 2.26. The minimum atomic E-state index is -0.801. The maximum absolute atomic E-state index is 14.3. The average molecular weight is 405 g/mol. The Morgan fingerprint density at radius 3 is 1.97 bits per heavy atom. The summed E-state index contributed by atoms with van der Waals surface area (Å²) in [5, 5.41) is 2.44. The first-order chi connectivity index (χ1) is 14.5. The summed E-state index contributed by atoms with van der Waals surface area (Å²) in [5.74, 6) is -3.13. The van der Waals surface area contributed by atoms with E-state index in [0.29, 0.717) is 0 Å². The molecule has 1 amide bonds. The Bertz CT molecular complexity index is 1010. The van der Waals surface area contributed by atoms with Gasteiger partial charge in [-0.1, -0.05) is 60.7 Å². The Balaban J connectivity index is 1.74. The molecule has 0 saturated heterocycles. The van der Waals surface area contributed by atoms with E-state index in [-0.39, 0.29) is 17.2 Å². The Labute approximate surface area is 173 Å². The standard InChI is InChI=1S/C24H20FNO4/c1-16(27)26-19-12-13-20(21(25)14-19)22(28)15-30-24(29)23(17-8-4-2-5-9-17)18-10-6-3-7-11-18/h2-14,23H,15H2,1H3,(H,26,27). The Hall–Kier alpha value is -3.80. The van der Waals surface area contributed by atoms with Crippen LogP contribution in [0.1, 0.15) is 34.3 Å². The third-order valence-electron chi connectivity index (χ3n) is 4.44. The molecule has 1 N–H and O–H groups in total. The fourth-order valence-electron chi connectivity index (χ4n) is 3.08. The van der Waals surface area contributed by atoms with Gasteiger partial charge in [-0.25, -0.2) is 4.39 Å². The molecule has 0 spiro atoms. The second-order valence-electron chi connectivity index (χ2n) is 6.66.